The molecular formula is C23H29N3O3S. The molecule has 0 radical (unpaired) electrons. The maximum atomic E-state index is 12.3. The summed E-state index contributed by atoms with van der Waals surface area (Å²) in [7, 11) is -3.38. The number of piperidine rings is 1. The molecule has 2 fully saturated rings. The molecule has 5 rings (SSSR count). The van der Waals surface area contributed by atoms with Crippen LogP contribution in [0.4, 0.5) is 0 Å². The maximum Gasteiger partial charge on any atom is 0.227 e. The van der Waals surface area contributed by atoms with Gasteiger partial charge in [-0.15, -0.1) is 0 Å². The maximum absolute atomic E-state index is 12.3. The Labute approximate surface area is 178 Å². The second-order valence-corrected chi connectivity index (χ2v) is 10.8. The quantitative estimate of drug-likeness (QED) is 0.734. The highest BCUT2D eigenvalue weighted by molar-refractivity contribution is 7.90. The lowest BCUT2D eigenvalue weighted by atomic mass is 9.74. The van der Waals surface area contributed by atoms with Crippen LogP contribution < -0.4 is 0 Å². The van der Waals surface area contributed by atoms with Crippen LogP contribution in [0.1, 0.15) is 42.5 Å². The van der Waals surface area contributed by atoms with E-state index in [-0.39, 0.29) is 16.7 Å². The normalized spacial score (nSPS) is 23.3. The fourth-order valence-electron chi connectivity index (χ4n) is 5.21. The first-order valence-electron chi connectivity index (χ1n) is 10.8. The molecule has 160 valence electrons. The second kappa shape index (κ2) is 7.62. The Morgan fingerprint density at radius 3 is 2.77 bits per heavy atom. The van der Waals surface area contributed by atoms with E-state index in [4.69, 9.17) is 4.74 Å². The van der Waals surface area contributed by atoms with Gasteiger partial charge in [0.05, 0.1) is 24.5 Å². The summed E-state index contributed by atoms with van der Waals surface area (Å²) >= 11 is 0. The number of likely N-dealkylation sites (tertiary alicyclic amines) is 1. The van der Waals surface area contributed by atoms with Gasteiger partial charge in [0.15, 0.2) is 0 Å². The first-order valence-corrected chi connectivity index (χ1v) is 12.7. The predicted octanol–water partition coefficient (Wildman–Crippen LogP) is 3.03. The lowest BCUT2D eigenvalue weighted by Crippen LogP contribution is -2.41. The minimum absolute atomic E-state index is 0.0724. The number of aromatic nitrogens is 2. The van der Waals surface area contributed by atoms with Crippen LogP contribution in [-0.2, 0) is 33.1 Å². The number of ether oxygens (including phenoxy) is 1. The van der Waals surface area contributed by atoms with Crippen molar-refractivity contribution in [3.05, 3.63) is 53.4 Å². The zero-order valence-corrected chi connectivity index (χ0v) is 18.3. The van der Waals surface area contributed by atoms with Crippen LogP contribution in [0.5, 0.6) is 0 Å². The summed E-state index contributed by atoms with van der Waals surface area (Å²) in [6, 6.07) is 8.70. The van der Waals surface area contributed by atoms with Crippen LogP contribution in [0, 0.1) is 0 Å². The Kier molecular flexibility index (Phi) is 5.08. The molecule has 2 aromatic rings. The highest BCUT2D eigenvalue weighted by atomic mass is 32.2. The van der Waals surface area contributed by atoms with Crippen LogP contribution in [0.15, 0.2) is 41.7 Å². The molecule has 2 saturated heterocycles. The van der Waals surface area contributed by atoms with Crippen molar-refractivity contribution in [3.63, 3.8) is 0 Å². The van der Waals surface area contributed by atoms with E-state index >= 15 is 0 Å². The largest absolute Gasteiger partial charge is 0.376 e. The molecule has 1 aromatic carbocycles. The van der Waals surface area contributed by atoms with E-state index < -0.39 is 9.84 Å². The number of benzene rings is 1. The van der Waals surface area contributed by atoms with E-state index in [1.54, 1.807) is 6.20 Å². The third kappa shape index (κ3) is 3.63. The van der Waals surface area contributed by atoms with E-state index in [1.807, 2.05) is 4.57 Å². The standard InChI is InChI=1S/C23H29N3O3S/c1-30(27,28)22-24-15-19(26(22)17-20-6-4-14-29-20)16-25-12-10-23(11-13-25)9-8-18-5-2-3-7-21(18)23/h2-3,5,7-9,15,20H,4,6,10-14,16-17H2,1H3/t20-/m1/s1. The Hall–Kier alpha value is -1.96. The smallest absolute Gasteiger partial charge is 0.227 e. The third-order valence-corrected chi connectivity index (χ3v) is 7.85. The summed E-state index contributed by atoms with van der Waals surface area (Å²) in [5, 5.41) is 0.161. The van der Waals surface area contributed by atoms with Gasteiger partial charge in [0.25, 0.3) is 0 Å². The van der Waals surface area contributed by atoms with Crippen molar-refractivity contribution >= 4 is 15.9 Å². The molecule has 2 aliphatic heterocycles. The van der Waals surface area contributed by atoms with E-state index in [1.165, 1.54) is 17.4 Å². The van der Waals surface area contributed by atoms with Crippen molar-refractivity contribution in [2.24, 2.45) is 0 Å². The average molecular weight is 428 g/mol. The summed E-state index contributed by atoms with van der Waals surface area (Å²) in [5.41, 5.74) is 3.92. The summed E-state index contributed by atoms with van der Waals surface area (Å²) < 4.78 is 32.2. The zero-order chi connectivity index (χ0) is 20.8. The van der Waals surface area contributed by atoms with E-state index in [0.29, 0.717) is 6.54 Å². The van der Waals surface area contributed by atoms with Gasteiger partial charge >= 0.3 is 0 Å². The molecule has 0 N–H and O–H groups in total. The monoisotopic (exact) mass is 427 g/mol. The molecular weight excluding hydrogens is 398 g/mol. The number of fused-ring (bicyclic) bond motifs is 2. The van der Waals surface area contributed by atoms with Crippen LogP contribution in [0.25, 0.3) is 6.08 Å². The number of hydrogen-bond acceptors (Lipinski definition) is 5. The first kappa shape index (κ1) is 20.0. The first-order chi connectivity index (χ1) is 14.4. The number of hydrogen-bond donors (Lipinski definition) is 0. The van der Waals surface area contributed by atoms with Crippen molar-refractivity contribution in [3.8, 4) is 0 Å². The van der Waals surface area contributed by atoms with Crippen molar-refractivity contribution in [2.75, 3.05) is 26.0 Å². The summed E-state index contributed by atoms with van der Waals surface area (Å²) in [6.45, 7) is 4.00. The molecule has 1 aliphatic carbocycles. The number of nitrogens with zero attached hydrogens (tertiary/aromatic N) is 3. The molecule has 30 heavy (non-hydrogen) atoms. The van der Waals surface area contributed by atoms with Crippen LogP contribution in [0.2, 0.25) is 0 Å². The Bertz CT molecular complexity index is 1060. The van der Waals surface area contributed by atoms with Gasteiger partial charge in [-0.25, -0.2) is 13.4 Å². The second-order valence-electron chi connectivity index (χ2n) is 8.90. The fraction of sp³-hybridized carbons (Fsp3) is 0.522. The van der Waals surface area contributed by atoms with Gasteiger partial charge in [0.2, 0.25) is 15.0 Å². The number of rotatable bonds is 5. The predicted molar refractivity (Wildman–Crippen MR) is 116 cm³/mol. The van der Waals surface area contributed by atoms with Gasteiger partial charge in [-0.1, -0.05) is 36.4 Å². The van der Waals surface area contributed by atoms with E-state index in [0.717, 1.165) is 57.6 Å². The topological polar surface area (TPSA) is 64.4 Å². The SMILES string of the molecule is CS(=O)(=O)c1ncc(CN2CCC3(C=Cc4ccccc43)CC2)n1C[C@H]1CCCO1. The molecule has 3 heterocycles. The molecule has 0 unspecified atom stereocenters. The minimum atomic E-state index is -3.38. The molecule has 0 amide bonds. The number of allylic oxidation sites excluding steroid dienone is 1. The molecule has 1 atom stereocenters. The zero-order valence-electron chi connectivity index (χ0n) is 17.5. The number of sulfone groups is 1. The lowest BCUT2D eigenvalue weighted by Gasteiger charge is -2.39. The minimum Gasteiger partial charge on any atom is -0.376 e. The van der Waals surface area contributed by atoms with Crippen LogP contribution in [-0.4, -0.2) is 54.9 Å². The summed E-state index contributed by atoms with van der Waals surface area (Å²) in [4.78, 5) is 6.70. The molecule has 0 saturated carbocycles. The molecule has 0 bridgehead atoms. The Balaban J connectivity index is 1.32. The Morgan fingerprint density at radius 2 is 2.03 bits per heavy atom. The average Bonchev–Trinajstić information content (AvgIpc) is 3.45. The highest BCUT2D eigenvalue weighted by Gasteiger charge is 2.38. The van der Waals surface area contributed by atoms with Gasteiger partial charge in [-0.05, 0) is 49.9 Å². The third-order valence-electron chi connectivity index (χ3n) is 6.86. The highest BCUT2D eigenvalue weighted by Crippen LogP contribution is 2.43. The molecule has 1 aromatic heterocycles. The molecule has 3 aliphatic rings. The van der Waals surface area contributed by atoms with E-state index in [2.05, 4.69) is 46.3 Å². The van der Waals surface area contributed by atoms with Crippen molar-refractivity contribution in [1.82, 2.24) is 14.5 Å². The Morgan fingerprint density at radius 1 is 1.23 bits per heavy atom. The van der Waals surface area contributed by atoms with Gasteiger partial charge in [-0.2, -0.15) is 0 Å². The summed E-state index contributed by atoms with van der Waals surface area (Å²) in [5.74, 6) is 0. The summed E-state index contributed by atoms with van der Waals surface area (Å²) in [6.07, 6.45) is 11.9. The fourth-order valence-corrected chi connectivity index (χ4v) is 6.05. The lowest BCUT2D eigenvalue weighted by molar-refractivity contribution is 0.0926. The van der Waals surface area contributed by atoms with Crippen LogP contribution in [0.3, 0.4) is 0 Å². The van der Waals surface area contributed by atoms with Crippen LogP contribution >= 0.6 is 0 Å². The van der Waals surface area contributed by atoms with Crippen molar-refractivity contribution in [1.29, 1.82) is 0 Å². The molecule has 6 nitrogen and oxygen atoms in total. The van der Waals surface area contributed by atoms with Gasteiger partial charge in [0, 0.05) is 24.8 Å². The van der Waals surface area contributed by atoms with Gasteiger partial charge < -0.3 is 9.30 Å². The van der Waals surface area contributed by atoms with Crippen molar-refractivity contribution in [2.45, 2.75) is 55.4 Å². The van der Waals surface area contributed by atoms with E-state index in [9.17, 15) is 8.42 Å². The van der Waals surface area contributed by atoms with Gasteiger partial charge in [0.1, 0.15) is 0 Å². The van der Waals surface area contributed by atoms with Gasteiger partial charge in [-0.3, -0.25) is 4.90 Å². The molecule has 7 heteroatoms. The van der Waals surface area contributed by atoms with Crippen molar-refractivity contribution < 1.29 is 13.2 Å². The molecule has 1 spiro atoms. The number of imidazole rings is 1.